The van der Waals surface area contributed by atoms with E-state index in [0.717, 1.165) is 5.82 Å². The second-order valence-electron chi connectivity index (χ2n) is 9.29. The second-order valence-corrected chi connectivity index (χ2v) is 11.3. The number of nitrogens with one attached hydrogen (secondary N) is 1. The molecule has 0 bridgehead atoms. The lowest BCUT2D eigenvalue weighted by Gasteiger charge is -2.36. The molecule has 1 amide bonds. The number of rotatable bonds is 3. The molecule has 0 aliphatic carbocycles. The zero-order valence-corrected chi connectivity index (χ0v) is 19.4. The fraction of sp³-hybridized carbons (Fsp3) is 0.737. The van der Waals surface area contributed by atoms with Crippen molar-refractivity contribution in [3.05, 3.63) is 12.3 Å². The number of sulfonamides is 1. The first kappa shape index (κ1) is 22.5. The molecule has 1 N–H and O–H groups in total. The number of amides is 1. The van der Waals surface area contributed by atoms with Crippen LogP contribution in [0.5, 0.6) is 0 Å². The molecule has 1 atom stereocenters. The molecule has 3 heterocycles. The fourth-order valence-corrected chi connectivity index (χ4v) is 5.50. The van der Waals surface area contributed by atoms with Crippen LogP contribution in [0.3, 0.4) is 0 Å². The van der Waals surface area contributed by atoms with Crippen molar-refractivity contribution in [2.24, 2.45) is 0 Å². The van der Waals surface area contributed by atoms with Crippen molar-refractivity contribution in [2.75, 3.05) is 49.2 Å². The van der Waals surface area contributed by atoms with Crippen LogP contribution in [0, 0.1) is 0 Å². The third kappa shape index (κ3) is 4.77. The lowest BCUT2D eigenvalue weighted by molar-refractivity contribution is 0.0240. The van der Waals surface area contributed by atoms with E-state index in [0.29, 0.717) is 32.1 Å². The largest absolute Gasteiger partial charge is 0.444 e. The van der Waals surface area contributed by atoms with Crippen LogP contribution in [0.4, 0.5) is 16.6 Å². The number of ether oxygens (including phenoxy) is 1. The molecule has 11 heteroatoms. The topological polar surface area (TPSA) is 108 Å². The van der Waals surface area contributed by atoms with Gasteiger partial charge < -0.3 is 19.9 Å². The Labute approximate surface area is 178 Å². The summed E-state index contributed by atoms with van der Waals surface area (Å²) in [6.45, 7) is 11.7. The number of aromatic nitrogens is 2. The molecule has 10 nitrogen and oxygen atoms in total. The molecule has 168 valence electrons. The van der Waals surface area contributed by atoms with Crippen molar-refractivity contribution in [3.8, 4) is 0 Å². The normalized spacial score (nSPS) is 24.0. The van der Waals surface area contributed by atoms with Crippen molar-refractivity contribution < 1.29 is 17.9 Å². The molecule has 0 spiro atoms. The molecule has 2 saturated heterocycles. The van der Waals surface area contributed by atoms with Gasteiger partial charge in [-0.15, -0.1) is 0 Å². The van der Waals surface area contributed by atoms with Gasteiger partial charge in [-0.3, -0.25) is 0 Å². The first-order valence-corrected chi connectivity index (χ1v) is 11.7. The van der Waals surface area contributed by atoms with E-state index in [1.165, 1.54) is 4.31 Å². The van der Waals surface area contributed by atoms with E-state index in [1.807, 2.05) is 40.7 Å². The molecule has 1 aromatic heterocycles. The molecule has 0 aromatic carbocycles. The number of hydrogen-bond acceptors (Lipinski definition) is 8. The lowest BCUT2D eigenvalue weighted by Crippen LogP contribution is -2.50. The Morgan fingerprint density at radius 2 is 1.87 bits per heavy atom. The highest BCUT2D eigenvalue weighted by atomic mass is 32.2. The molecular weight excluding hydrogens is 408 g/mol. The molecule has 0 saturated carbocycles. The van der Waals surface area contributed by atoms with E-state index in [1.54, 1.807) is 18.1 Å². The summed E-state index contributed by atoms with van der Waals surface area (Å²) in [7, 11) is -1.71. The van der Waals surface area contributed by atoms with E-state index in [9.17, 15) is 13.2 Å². The Hall–Kier alpha value is -2.14. The van der Waals surface area contributed by atoms with Gasteiger partial charge in [0.15, 0.2) is 0 Å². The van der Waals surface area contributed by atoms with Gasteiger partial charge in [-0.1, -0.05) is 0 Å². The maximum absolute atomic E-state index is 12.3. The van der Waals surface area contributed by atoms with Gasteiger partial charge in [0.2, 0.25) is 16.0 Å². The summed E-state index contributed by atoms with van der Waals surface area (Å²) in [4.78, 5) is 24.9. The predicted molar refractivity (Wildman–Crippen MR) is 115 cm³/mol. The maximum atomic E-state index is 12.3. The van der Waals surface area contributed by atoms with E-state index in [-0.39, 0.29) is 17.9 Å². The Morgan fingerprint density at radius 1 is 1.23 bits per heavy atom. The minimum Gasteiger partial charge on any atom is -0.444 e. The molecule has 2 fully saturated rings. The van der Waals surface area contributed by atoms with Crippen LogP contribution < -0.4 is 10.2 Å². The molecule has 2 aliphatic heterocycles. The molecule has 3 rings (SSSR count). The monoisotopic (exact) mass is 440 g/mol. The van der Waals surface area contributed by atoms with Crippen LogP contribution in [0.15, 0.2) is 12.3 Å². The fourth-order valence-electron chi connectivity index (χ4n) is 3.52. The van der Waals surface area contributed by atoms with Gasteiger partial charge in [0.1, 0.15) is 11.4 Å². The van der Waals surface area contributed by atoms with Gasteiger partial charge in [0.25, 0.3) is 0 Å². The van der Waals surface area contributed by atoms with Gasteiger partial charge in [0, 0.05) is 39.4 Å². The van der Waals surface area contributed by atoms with Gasteiger partial charge >= 0.3 is 6.09 Å². The molecule has 0 radical (unpaired) electrons. The molecule has 30 heavy (non-hydrogen) atoms. The average Bonchev–Trinajstić information content (AvgIpc) is 2.80. The summed E-state index contributed by atoms with van der Waals surface area (Å²) >= 11 is 0. The van der Waals surface area contributed by atoms with Crippen molar-refractivity contribution >= 4 is 27.9 Å². The van der Waals surface area contributed by atoms with Crippen LogP contribution in [-0.4, -0.2) is 89.8 Å². The van der Waals surface area contributed by atoms with E-state index < -0.39 is 21.2 Å². The predicted octanol–water partition coefficient (Wildman–Crippen LogP) is 1.37. The first-order valence-electron chi connectivity index (χ1n) is 10.1. The summed E-state index contributed by atoms with van der Waals surface area (Å²) in [5, 5.41) is 3.20. The Morgan fingerprint density at radius 3 is 2.40 bits per heavy atom. The molecule has 1 unspecified atom stereocenters. The Bertz CT molecular complexity index is 891. The Balaban J connectivity index is 1.64. The zero-order chi connectivity index (χ0) is 22.3. The maximum Gasteiger partial charge on any atom is 0.410 e. The minimum atomic E-state index is -3.30. The zero-order valence-electron chi connectivity index (χ0n) is 18.5. The smallest absolute Gasteiger partial charge is 0.410 e. The summed E-state index contributed by atoms with van der Waals surface area (Å²) < 4.78 is 31.4. The van der Waals surface area contributed by atoms with Crippen LogP contribution in [-0.2, 0) is 14.8 Å². The SMILES string of the molecule is CN1C(C)(C)C(Nc2nccc(N3CCN(C(=O)OC(C)(C)C)CC3)n2)CS1(=O)=O. The van der Waals surface area contributed by atoms with Crippen LogP contribution in [0.1, 0.15) is 34.6 Å². The average molecular weight is 441 g/mol. The number of hydrogen-bond donors (Lipinski definition) is 1. The highest BCUT2D eigenvalue weighted by molar-refractivity contribution is 7.89. The van der Waals surface area contributed by atoms with Gasteiger partial charge in [-0.25, -0.2) is 18.2 Å². The number of nitrogens with zero attached hydrogens (tertiary/aromatic N) is 5. The van der Waals surface area contributed by atoms with Gasteiger partial charge in [0.05, 0.1) is 17.3 Å². The van der Waals surface area contributed by atoms with E-state index >= 15 is 0 Å². The van der Waals surface area contributed by atoms with Crippen molar-refractivity contribution in [1.29, 1.82) is 0 Å². The minimum absolute atomic E-state index is 0.00134. The van der Waals surface area contributed by atoms with Crippen molar-refractivity contribution in [3.63, 3.8) is 0 Å². The van der Waals surface area contributed by atoms with Crippen LogP contribution in [0.25, 0.3) is 0 Å². The number of anilines is 2. The standard InChI is InChI=1S/C19H32N6O4S/c1-18(2,3)29-17(26)25-11-9-24(10-12-25)15-7-8-20-16(22-15)21-14-13-30(27,28)23(6)19(14,4)5/h7-8,14H,9-13H2,1-6H3,(H,20,21,22). The van der Waals surface area contributed by atoms with E-state index in [2.05, 4.69) is 20.2 Å². The van der Waals surface area contributed by atoms with Crippen molar-refractivity contribution in [1.82, 2.24) is 19.2 Å². The lowest BCUT2D eigenvalue weighted by atomic mass is 9.96. The molecule has 1 aromatic rings. The number of likely N-dealkylation sites (N-methyl/N-ethyl adjacent to an activating group) is 1. The summed E-state index contributed by atoms with van der Waals surface area (Å²) in [6.07, 6.45) is 1.35. The highest BCUT2D eigenvalue weighted by Gasteiger charge is 2.49. The van der Waals surface area contributed by atoms with E-state index in [4.69, 9.17) is 4.74 Å². The second kappa shape index (κ2) is 7.84. The Kier molecular flexibility index (Phi) is 5.89. The summed E-state index contributed by atoms with van der Waals surface area (Å²) in [6, 6.07) is 1.49. The summed E-state index contributed by atoms with van der Waals surface area (Å²) in [5.74, 6) is 1.13. The number of piperazine rings is 1. The number of carbonyl (C=O) groups excluding carboxylic acids is 1. The van der Waals surface area contributed by atoms with Crippen LogP contribution >= 0.6 is 0 Å². The summed E-state index contributed by atoms with van der Waals surface area (Å²) in [5.41, 5.74) is -1.10. The van der Waals surface area contributed by atoms with Crippen LogP contribution in [0.2, 0.25) is 0 Å². The van der Waals surface area contributed by atoms with Gasteiger partial charge in [-0.05, 0) is 40.7 Å². The highest BCUT2D eigenvalue weighted by Crippen LogP contribution is 2.31. The third-order valence-electron chi connectivity index (χ3n) is 5.66. The van der Waals surface area contributed by atoms with Crippen molar-refractivity contribution in [2.45, 2.75) is 51.8 Å². The number of carbonyl (C=O) groups is 1. The van der Waals surface area contributed by atoms with Gasteiger partial charge in [-0.2, -0.15) is 9.29 Å². The molecular formula is C19H32N6O4S. The first-order chi connectivity index (χ1) is 13.8. The molecule has 2 aliphatic rings. The quantitative estimate of drug-likeness (QED) is 0.751. The third-order valence-corrected chi connectivity index (χ3v) is 7.72.